The third-order valence-corrected chi connectivity index (χ3v) is 5.73. The maximum atomic E-state index is 13.2. The number of rotatable bonds is 8. The van der Waals surface area contributed by atoms with Crippen LogP contribution in [0, 0.1) is 0 Å². The number of likely N-dealkylation sites (tertiary alicyclic amines) is 1. The summed E-state index contributed by atoms with van der Waals surface area (Å²) in [5.41, 5.74) is 1.07. The van der Waals surface area contributed by atoms with Gasteiger partial charge in [0.25, 0.3) is 11.7 Å². The van der Waals surface area contributed by atoms with Crippen LogP contribution in [-0.2, 0) is 16.1 Å². The Morgan fingerprint density at radius 3 is 2.67 bits per heavy atom. The summed E-state index contributed by atoms with van der Waals surface area (Å²) < 4.78 is 12.7. The molecule has 0 saturated carbocycles. The van der Waals surface area contributed by atoms with Gasteiger partial charge in [0.05, 0.1) is 32.4 Å². The van der Waals surface area contributed by atoms with Crippen molar-refractivity contribution in [3.8, 4) is 11.5 Å². The number of aromatic amines is 1. The van der Waals surface area contributed by atoms with E-state index in [4.69, 9.17) is 9.47 Å². The number of ketones is 1. The van der Waals surface area contributed by atoms with Gasteiger partial charge in [0.2, 0.25) is 6.33 Å². The molecule has 0 bridgehead atoms. The van der Waals surface area contributed by atoms with Crippen molar-refractivity contribution in [1.82, 2.24) is 9.88 Å². The molecule has 2 aromatic carbocycles. The van der Waals surface area contributed by atoms with Crippen molar-refractivity contribution in [1.29, 1.82) is 0 Å². The van der Waals surface area contributed by atoms with Gasteiger partial charge in [-0.25, -0.2) is 4.57 Å². The van der Waals surface area contributed by atoms with Gasteiger partial charge in [-0.05, 0) is 18.2 Å². The molecule has 8 heteroatoms. The lowest BCUT2D eigenvalue weighted by Gasteiger charge is -2.26. The second-order valence-electron chi connectivity index (χ2n) is 7.67. The number of para-hydroxylation sites is 1. The van der Waals surface area contributed by atoms with Gasteiger partial charge in [0, 0.05) is 24.1 Å². The maximum absolute atomic E-state index is 13.2. The molecule has 1 amide bonds. The molecule has 0 radical (unpaired) electrons. The molecular formula is C25H26N3O5+. The summed E-state index contributed by atoms with van der Waals surface area (Å²) in [5, 5.41) is 11.2. The van der Waals surface area contributed by atoms with E-state index in [0.29, 0.717) is 42.1 Å². The monoisotopic (exact) mass is 448 g/mol. The number of carbonyl (C=O) groups is 2. The van der Waals surface area contributed by atoms with Gasteiger partial charge in [-0.15, -0.1) is 0 Å². The molecule has 1 aliphatic rings. The van der Waals surface area contributed by atoms with Crippen LogP contribution in [0.3, 0.4) is 0 Å². The van der Waals surface area contributed by atoms with Crippen LogP contribution >= 0.6 is 0 Å². The molecule has 2 heterocycles. The largest absolute Gasteiger partial charge is 0.507 e. The van der Waals surface area contributed by atoms with E-state index in [1.807, 2.05) is 41.5 Å². The minimum Gasteiger partial charge on any atom is -0.507 e. The topological polar surface area (TPSA) is 95.7 Å². The molecule has 1 unspecified atom stereocenters. The number of benzene rings is 2. The normalized spacial score (nSPS) is 17.4. The summed E-state index contributed by atoms with van der Waals surface area (Å²) in [4.78, 5) is 30.8. The van der Waals surface area contributed by atoms with Crippen molar-refractivity contribution < 1.29 is 28.7 Å². The number of hydrogen-bond acceptors (Lipinski definition) is 5. The number of carbonyl (C=O) groups excluding carboxylic acids is 2. The molecule has 8 nitrogen and oxygen atoms in total. The molecule has 33 heavy (non-hydrogen) atoms. The molecule has 1 aromatic heterocycles. The van der Waals surface area contributed by atoms with Gasteiger partial charge in [-0.1, -0.05) is 30.3 Å². The smallest absolute Gasteiger partial charge is 0.295 e. The van der Waals surface area contributed by atoms with Crippen molar-refractivity contribution >= 4 is 17.4 Å². The van der Waals surface area contributed by atoms with Gasteiger partial charge in [-0.3, -0.25) is 14.6 Å². The SMILES string of the molecule is COc1cccc(/C(O)=C2\C(=O)C(=O)N(CCC[n+]3cc[nH]c3)C2c2ccccc2OC)c1. The second kappa shape index (κ2) is 9.60. The van der Waals surface area contributed by atoms with Crippen molar-refractivity contribution in [3.63, 3.8) is 0 Å². The Morgan fingerprint density at radius 2 is 1.94 bits per heavy atom. The number of aliphatic hydroxyl groups is 1. The number of aliphatic hydroxyl groups excluding tert-OH is 1. The zero-order chi connectivity index (χ0) is 23.4. The van der Waals surface area contributed by atoms with Gasteiger partial charge in [-0.2, -0.15) is 0 Å². The van der Waals surface area contributed by atoms with Crippen LogP contribution in [0.15, 0.2) is 72.8 Å². The van der Waals surface area contributed by atoms with E-state index < -0.39 is 17.7 Å². The summed E-state index contributed by atoms with van der Waals surface area (Å²) in [6, 6.07) is 13.2. The lowest BCUT2D eigenvalue weighted by molar-refractivity contribution is -0.695. The highest BCUT2D eigenvalue weighted by atomic mass is 16.5. The molecule has 1 aliphatic heterocycles. The van der Waals surface area contributed by atoms with Crippen molar-refractivity contribution in [2.75, 3.05) is 20.8 Å². The fourth-order valence-electron chi connectivity index (χ4n) is 4.14. The molecule has 1 saturated heterocycles. The Balaban J connectivity index is 1.78. The number of amides is 1. The Hall–Kier alpha value is -4.07. The molecule has 4 rings (SSSR count). The summed E-state index contributed by atoms with van der Waals surface area (Å²) in [6.07, 6.45) is 6.17. The standard InChI is InChI=1S/C25H25N3O5/c1-32-18-8-5-7-17(15-18)23(29)21-22(19-9-3-4-10-20(19)33-2)28(25(31)24(21)30)13-6-12-27-14-11-26-16-27/h3-5,7-11,14-16,22H,6,12-13H2,1-2H3,(H,29,30)/p+1. The van der Waals surface area contributed by atoms with Crippen molar-refractivity contribution in [2.45, 2.75) is 19.0 Å². The molecule has 3 aromatic rings. The predicted octanol–water partition coefficient (Wildman–Crippen LogP) is 2.83. The van der Waals surface area contributed by atoms with Gasteiger partial charge < -0.3 is 19.5 Å². The molecule has 170 valence electrons. The number of nitrogens with one attached hydrogen (secondary N) is 1. The molecule has 1 atom stereocenters. The second-order valence-corrected chi connectivity index (χ2v) is 7.67. The van der Waals surface area contributed by atoms with Crippen LogP contribution in [-0.4, -0.2) is 47.4 Å². The number of aromatic nitrogens is 2. The number of methoxy groups -OCH3 is 2. The number of aryl methyl sites for hydroxylation is 1. The van der Waals surface area contributed by atoms with Gasteiger partial charge in [0.1, 0.15) is 29.7 Å². The minimum atomic E-state index is -0.774. The number of hydrogen-bond donors (Lipinski definition) is 2. The Morgan fingerprint density at radius 1 is 1.12 bits per heavy atom. The van der Waals surface area contributed by atoms with Crippen molar-refractivity contribution in [2.24, 2.45) is 0 Å². The van der Waals surface area contributed by atoms with E-state index >= 15 is 0 Å². The fourth-order valence-corrected chi connectivity index (χ4v) is 4.14. The Bertz CT molecular complexity index is 1190. The number of nitrogens with zero attached hydrogens (tertiary/aromatic N) is 2. The highest BCUT2D eigenvalue weighted by molar-refractivity contribution is 6.46. The molecular weight excluding hydrogens is 422 g/mol. The molecule has 0 spiro atoms. The Labute approximate surface area is 191 Å². The van der Waals surface area contributed by atoms with E-state index in [-0.39, 0.29) is 11.3 Å². The predicted molar refractivity (Wildman–Crippen MR) is 121 cm³/mol. The number of ether oxygens (including phenoxy) is 2. The fraction of sp³-hybridized carbons (Fsp3) is 0.240. The molecule has 0 aliphatic carbocycles. The van der Waals surface area contributed by atoms with Crippen LogP contribution in [0.25, 0.3) is 5.76 Å². The van der Waals surface area contributed by atoms with Gasteiger partial charge >= 0.3 is 0 Å². The third-order valence-electron chi connectivity index (χ3n) is 5.73. The lowest BCUT2D eigenvalue weighted by atomic mass is 9.94. The van der Waals surface area contributed by atoms with Crippen molar-refractivity contribution in [3.05, 3.63) is 84.0 Å². The van der Waals surface area contributed by atoms with Crippen LogP contribution < -0.4 is 14.0 Å². The minimum absolute atomic E-state index is 0.0343. The number of imidazole rings is 1. The van der Waals surface area contributed by atoms with E-state index in [1.165, 1.54) is 19.1 Å². The Kier molecular flexibility index (Phi) is 6.44. The lowest BCUT2D eigenvalue weighted by Crippen LogP contribution is -2.36. The first-order valence-corrected chi connectivity index (χ1v) is 10.6. The maximum Gasteiger partial charge on any atom is 0.295 e. The van der Waals surface area contributed by atoms with E-state index in [0.717, 1.165) is 0 Å². The summed E-state index contributed by atoms with van der Waals surface area (Å²) in [5.74, 6) is -0.544. The van der Waals surface area contributed by atoms with Crippen LogP contribution in [0.2, 0.25) is 0 Å². The third kappa shape index (κ3) is 4.32. The zero-order valence-corrected chi connectivity index (χ0v) is 18.5. The van der Waals surface area contributed by atoms with E-state index in [1.54, 1.807) is 30.3 Å². The molecule has 1 fully saturated rings. The number of Topliss-reactive ketones (excluding diaryl/α,β-unsaturated/α-hetero) is 1. The van der Waals surface area contributed by atoms with E-state index in [2.05, 4.69) is 4.98 Å². The average molecular weight is 448 g/mol. The first-order chi connectivity index (χ1) is 16.0. The van der Waals surface area contributed by atoms with E-state index in [9.17, 15) is 14.7 Å². The van der Waals surface area contributed by atoms with Gasteiger partial charge in [0.15, 0.2) is 0 Å². The van der Waals surface area contributed by atoms with Crippen LogP contribution in [0.1, 0.15) is 23.6 Å². The van der Waals surface area contributed by atoms with Crippen LogP contribution in [0.4, 0.5) is 0 Å². The number of H-pyrrole nitrogens is 1. The van der Waals surface area contributed by atoms with Crippen LogP contribution in [0.5, 0.6) is 11.5 Å². The summed E-state index contributed by atoms with van der Waals surface area (Å²) >= 11 is 0. The molecule has 2 N–H and O–H groups in total. The average Bonchev–Trinajstić information content (AvgIpc) is 3.46. The zero-order valence-electron chi connectivity index (χ0n) is 18.5. The first-order valence-electron chi connectivity index (χ1n) is 10.6. The summed E-state index contributed by atoms with van der Waals surface area (Å²) in [7, 11) is 3.06. The highest BCUT2D eigenvalue weighted by Gasteiger charge is 2.46. The quantitative estimate of drug-likeness (QED) is 0.239. The summed E-state index contributed by atoms with van der Waals surface area (Å²) in [6.45, 7) is 1.00. The highest BCUT2D eigenvalue weighted by Crippen LogP contribution is 2.42. The first kappa shape index (κ1) is 22.1.